The van der Waals surface area contributed by atoms with Crippen molar-refractivity contribution in [2.24, 2.45) is 5.14 Å². The van der Waals surface area contributed by atoms with Gasteiger partial charge in [0.25, 0.3) is 0 Å². The number of primary sulfonamides is 1. The smallest absolute Gasteiger partial charge is 0.214 e. The summed E-state index contributed by atoms with van der Waals surface area (Å²) in [6.45, 7) is 2.29. The maximum Gasteiger partial charge on any atom is 0.214 e. The number of para-hydroxylation sites is 1. The zero-order valence-electron chi connectivity index (χ0n) is 18.5. The molecule has 0 saturated carbocycles. The lowest BCUT2D eigenvalue weighted by Crippen LogP contribution is -2.16. The number of rotatable bonds is 8. The molecule has 0 saturated heterocycles. The summed E-state index contributed by atoms with van der Waals surface area (Å²) in [5.74, 6) is 1.04. The molecule has 0 fully saturated rings. The van der Waals surface area contributed by atoms with Crippen molar-refractivity contribution in [2.75, 3.05) is 20.8 Å². The van der Waals surface area contributed by atoms with Gasteiger partial charge in [0.1, 0.15) is 28.6 Å². The van der Waals surface area contributed by atoms with Crippen molar-refractivity contribution in [3.8, 4) is 34.6 Å². The maximum atomic E-state index is 11.7. The minimum atomic E-state index is -3.92. The van der Waals surface area contributed by atoms with E-state index in [4.69, 9.17) is 31.0 Å². The summed E-state index contributed by atoms with van der Waals surface area (Å²) in [4.78, 5) is 17.9. The third-order valence-electron chi connectivity index (χ3n) is 4.73. The van der Waals surface area contributed by atoms with Crippen molar-refractivity contribution >= 4 is 32.9 Å². The Bertz CT molecular complexity index is 1450. The fourth-order valence-corrected chi connectivity index (χ4v) is 4.24. The molecule has 0 aliphatic carbocycles. The molecule has 3 aromatic heterocycles. The van der Waals surface area contributed by atoms with Crippen LogP contribution < -0.4 is 19.3 Å². The molecule has 0 aliphatic rings. The second kappa shape index (κ2) is 9.41. The van der Waals surface area contributed by atoms with Crippen LogP contribution in [0.25, 0.3) is 28.5 Å². The van der Waals surface area contributed by atoms with Crippen LogP contribution in [0.2, 0.25) is 5.15 Å². The number of pyridine rings is 1. The van der Waals surface area contributed by atoms with Crippen LogP contribution in [0.4, 0.5) is 0 Å². The van der Waals surface area contributed by atoms with E-state index in [0.29, 0.717) is 41.2 Å². The van der Waals surface area contributed by atoms with Gasteiger partial charge in [-0.15, -0.1) is 0 Å². The topological polar surface area (TPSA) is 144 Å². The number of fused-ring (bicyclic) bond motifs is 1. The molecule has 0 radical (unpaired) electrons. The molecule has 0 aliphatic heterocycles. The Morgan fingerprint density at radius 2 is 1.68 bits per heavy atom. The number of sulfonamides is 1. The van der Waals surface area contributed by atoms with E-state index in [9.17, 15) is 8.42 Å². The highest BCUT2D eigenvalue weighted by Crippen LogP contribution is 2.38. The highest BCUT2D eigenvalue weighted by molar-refractivity contribution is 7.88. The van der Waals surface area contributed by atoms with E-state index < -0.39 is 15.8 Å². The van der Waals surface area contributed by atoms with Crippen molar-refractivity contribution in [3.05, 3.63) is 47.2 Å². The number of hydrogen-bond acceptors (Lipinski definition) is 9. The Morgan fingerprint density at radius 3 is 2.29 bits per heavy atom. The molecular formula is C21H21ClN6O5S. The molecule has 13 heteroatoms. The van der Waals surface area contributed by atoms with Gasteiger partial charge in [0.05, 0.1) is 26.5 Å². The van der Waals surface area contributed by atoms with E-state index in [1.807, 2.05) is 6.92 Å². The third kappa shape index (κ3) is 4.60. The molecule has 0 bridgehead atoms. The molecule has 11 nitrogen and oxygen atoms in total. The minimum Gasteiger partial charge on any atom is -0.494 e. The Kier molecular flexibility index (Phi) is 6.55. The number of halogens is 1. The lowest BCUT2D eigenvalue weighted by atomic mass is 10.2. The van der Waals surface area contributed by atoms with Gasteiger partial charge >= 0.3 is 0 Å². The predicted molar refractivity (Wildman–Crippen MR) is 126 cm³/mol. The van der Waals surface area contributed by atoms with Gasteiger partial charge in [-0.05, 0) is 25.1 Å². The van der Waals surface area contributed by atoms with E-state index in [1.165, 1.54) is 14.2 Å². The molecule has 0 unspecified atom stereocenters. The van der Waals surface area contributed by atoms with Crippen molar-refractivity contribution in [3.63, 3.8) is 0 Å². The monoisotopic (exact) mass is 504 g/mol. The second-order valence-corrected chi connectivity index (χ2v) is 8.96. The summed E-state index contributed by atoms with van der Waals surface area (Å²) in [6.07, 6.45) is 0. The first kappa shape index (κ1) is 23.7. The first-order chi connectivity index (χ1) is 16.3. The lowest BCUT2D eigenvalue weighted by molar-refractivity contribution is 0.327. The number of benzene rings is 1. The van der Waals surface area contributed by atoms with E-state index in [0.717, 1.165) is 0 Å². The number of nitrogens with two attached hydrogens (primary N) is 1. The molecule has 3 heterocycles. The number of aromatic nitrogens is 5. The van der Waals surface area contributed by atoms with Crippen LogP contribution >= 0.6 is 11.6 Å². The highest BCUT2D eigenvalue weighted by atomic mass is 35.5. The Balaban J connectivity index is 2.10. The first-order valence-corrected chi connectivity index (χ1v) is 12.1. The molecule has 0 atom stereocenters. The van der Waals surface area contributed by atoms with E-state index in [2.05, 4.69) is 19.9 Å². The fourth-order valence-electron chi connectivity index (χ4n) is 3.39. The summed E-state index contributed by atoms with van der Waals surface area (Å²) in [6, 6.07) is 10.5. The molecule has 178 valence electrons. The standard InChI is InChI=1S/C21H21ClN6O5S/c1-4-33-16-10-5-7-12(24-16)20-27-19-21(25-13(18(22)26-19)11-34(23,29)30)28(20)17-14(31-2)8-6-9-15(17)32-3/h5-10H,4,11H2,1-3H3,(H2,23,29,30). The highest BCUT2D eigenvalue weighted by Gasteiger charge is 2.25. The van der Waals surface area contributed by atoms with Crippen molar-refractivity contribution in [1.29, 1.82) is 0 Å². The zero-order chi connectivity index (χ0) is 24.5. The number of nitrogens with zero attached hydrogens (tertiary/aromatic N) is 5. The van der Waals surface area contributed by atoms with Gasteiger partial charge in [0, 0.05) is 6.07 Å². The molecule has 1 aromatic carbocycles. The average molecular weight is 505 g/mol. The van der Waals surface area contributed by atoms with Crippen LogP contribution in [0.3, 0.4) is 0 Å². The average Bonchev–Trinajstić information content (AvgIpc) is 3.15. The third-order valence-corrected chi connectivity index (χ3v) is 5.71. The molecular weight excluding hydrogens is 484 g/mol. The number of ether oxygens (including phenoxy) is 3. The number of hydrogen-bond donors (Lipinski definition) is 1. The molecule has 0 amide bonds. The Labute approximate surface area is 200 Å². The molecule has 4 rings (SSSR count). The van der Waals surface area contributed by atoms with E-state index >= 15 is 0 Å². The second-order valence-electron chi connectivity index (χ2n) is 6.99. The first-order valence-electron chi connectivity index (χ1n) is 10.0. The SMILES string of the molecule is CCOc1cccc(-c2nc3nc(Cl)c(CS(N)(=O)=O)nc3n2-c2c(OC)cccc2OC)n1. The van der Waals surface area contributed by atoms with Gasteiger partial charge in [-0.2, -0.15) is 0 Å². The van der Waals surface area contributed by atoms with Crippen LogP contribution in [0.5, 0.6) is 17.4 Å². The molecule has 2 N–H and O–H groups in total. The van der Waals surface area contributed by atoms with E-state index in [-0.39, 0.29) is 22.1 Å². The van der Waals surface area contributed by atoms with Gasteiger partial charge in [-0.25, -0.2) is 33.5 Å². The Hall–Kier alpha value is -3.48. The van der Waals surface area contributed by atoms with Gasteiger partial charge < -0.3 is 14.2 Å². The van der Waals surface area contributed by atoms with Crippen LogP contribution in [0, 0.1) is 0 Å². The Morgan fingerprint density at radius 1 is 1.00 bits per heavy atom. The van der Waals surface area contributed by atoms with Crippen LogP contribution in [0.15, 0.2) is 36.4 Å². The summed E-state index contributed by atoms with van der Waals surface area (Å²) < 4.78 is 41.8. The van der Waals surface area contributed by atoms with Crippen LogP contribution in [-0.2, 0) is 15.8 Å². The molecule has 34 heavy (non-hydrogen) atoms. The van der Waals surface area contributed by atoms with Crippen LogP contribution in [-0.4, -0.2) is 53.7 Å². The normalized spacial score (nSPS) is 11.6. The largest absolute Gasteiger partial charge is 0.494 e. The van der Waals surface area contributed by atoms with Gasteiger partial charge in [0.2, 0.25) is 15.9 Å². The summed E-state index contributed by atoms with van der Waals surface area (Å²) in [5.41, 5.74) is 1.27. The maximum absolute atomic E-state index is 11.7. The molecule has 0 spiro atoms. The van der Waals surface area contributed by atoms with Crippen molar-refractivity contribution in [2.45, 2.75) is 12.7 Å². The number of methoxy groups -OCH3 is 2. The van der Waals surface area contributed by atoms with Crippen molar-refractivity contribution in [1.82, 2.24) is 24.5 Å². The predicted octanol–water partition coefficient (Wildman–Crippen LogP) is 2.74. The summed E-state index contributed by atoms with van der Waals surface area (Å²) in [5, 5.41) is 5.10. The van der Waals surface area contributed by atoms with Gasteiger partial charge in [-0.1, -0.05) is 23.7 Å². The van der Waals surface area contributed by atoms with Gasteiger partial charge in [0.15, 0.2) is 22.3 Å². The quantitative estimate of drug-likeness (QED) is 0.382. The summed E-state index contributed by atoms with van der Waals surface area (Å²) in [7, 11) is -0.896. The molecule has 4 aromatic rings. The zero-order valence-corrected chi connectivity index (χ0v) is 20.1. The van der Waals surface area contributed by atoms with Gasteiger partial charge in [-0.3, -0.25) is 4.57 Å². The lowest BCUT2D eigenvalue weighted by Gasteiger charge is -2.16. The fraction of sp³-hybridized carbons (Fsp3) is 0.238. The summed E-state index contributed by atoms with van der Waals surface area (Å²) >= 11 is 6.22. The van der Waals surface area contributed by atoms with Crippen LogP contribution in [0.1, 0.15) is 12.6 Å². The number of imidazole rings is 1. The minimum absolute atomic E-state index is 0.0192. The van der Waals surface area contributed by atoms with Crippen molar-refractivity contribution < 1.29 is 22.6 Å². The van der Waals surface area contributed by atoms with E-state index in [1.54, 1.807) is 41.0 Å².